The molecule has 4 aliphatic rings. The van der Waals surface area contributed by atoms with Crippen molar-refractivity contribution >= 4 is 58.2 Å². The van der Waals surface area contributed by atoms with E-state index in [1.54, 1.807) is 24.3 Å². The van der Waals surface area contributed by atoms with E-state index in [-0.39, 0.29) is 11.8 Å². The number of imide groups is 2. The van der Waals surface area contributed by atoms with E-state index in [0.29, 0.717) is 21.4 Å². The van der Waals surface area contributed by atoms with Crippen LogP contribution in [0.25, 0.3) is 22.3 Å². The van der Waals surface area contributed by atoms with Gasteiger partial charge in [0.2, 0.25) is 11.8 Å². The Hall–Kier alpha value is -5.90. The molecule has 6 aromatic rings. The van der Waals surface area contributed by atoms with Gasteiger partial charge in [0.1, 0.15) is 12.1 Å². The van der Waals surface area contributed by atoms with E-state index in [2.05, 4.69) is 0 Å². The standard InChI is InChI=1S/C46H32Cl2N4O4/c47-33-19-11-27(12-20-33)29-15-23-35(24-16-29)49-43(53)37-39(31-7-3-1-4-8-31)51-42-38(40(32-9-5-2-6-10-32)52(51)41(37)45(49)55)44(54)50(46(42)56)36-25-17-30(18-26-36)28-13-21-34(48)22-14-28/h1-26,37-42H. The third kappa shape index (κ3) is 5.28. The number of halogens is 2. The van der Waals surface area contributed by atoms with Crippen molar-refractivity contribution in [3.8, 4) is 22.3 Å². The summed E-state index contributed by atoms with van der Waals surface area (Å²) in [6.45, 7) is 0. The molecule has 0 radical (unpaired) electrons. The summed E-state index contributed by atoms with van der Waals surface area (Å²) in [5.41, 5.74) is 6.21. The molecule has 4 aliphatic heterocycles. The fourth-order valence-electron chi connectivity index (χ4n) is 9.20. The van der Waals surface area contributed by atoms with Crippen molar-refractivity contribution in [2.45, 2.75) is 24.2 Å². The van der Waals surface area contributed by atoms with Crippen molar-refractivity contribution in [2.75, 3.05) is 9.80 Å². The predicted octanol–water partition coefficient (Wildman–Crippen LogP) is 8.77. The zero-order valence-electron chi connectivity index (χ0n) is 29.7. The Morgan fingerprint density at radius 1 is 0.339 bits per heavy atom. The van der Waals surface area contributed by atoms with E-state index >= 15 is 0 Å². The maximum absolute atomic E-state index is 14.9. The molecule has 4 saturated heterocycles. The molecule has 4 fully saturated rings. The minimum absolute atomic E-state index is 0.350. The average Bonchev–Trinajstić information content (AvgIpc) is 3.90. The SMILES string of the molecule is O=C1C2C(C(=O)N1c1ccc(-c3ccc(Cl)cc3)cc1)N1C(c3ccccc3)C3C(=O)N(c4ccc(-c5ccc(Cl)cc5)cc4)C(=O)C3N1C2c1ccccc1. The number of anilines is 2. The minimum atomic E-state index is -0.952. The molecule has 0 aromatic heterocycles. The van der Waals surface area contributed by atoms with Crippen molar-refractivity contribution in [1.29, 1.82) is 0 Å². The van der Waals surface area contributed by atoms with Crippen LogP contribution < -0.4 is 9.80 Å². The van der Waals surface area contributed by atoms with E-state index in [0.717, 1.165) is 33.4 Å². The van der Waals surface area contributed by atoms with Gasteiger partial charge in [0.15, 0.2) is 0 Å². The maximum Gasteiger partial charge on any atom is 0.253 e. The first-order valence-electron chi connectivity index (χ1n) is 18.4. The van der Waals surface area contributed by atoms with E-state index in [9.17, 15) is 19.2 Å². The Bertz CT molecular complexity index is 2340. The van der Waals surface area contributed by atoms with E-state index in [4.69, 9.17) is 23.2 Å². The number of carbonyl (C=O) groups excluding carboxylic acids is 4. The smallest absolute Gasteiger partial charge is 0.253 e. The van der Waals surface area contributed by atoms with Crippen molar-refractivity contribution in [3.63, 3.8) is 0 Å². The second-order valence-electron chi connectivity index (χ2n) is 14.5. The number of hydrogen-bond donors (Lipinski definition) is 0. The van der Waals surface area contributed by atoms with Gasteiger partial charge in [-0.1, -0.05) is 132 Å². The van der Waals surface area contributed by atoms with Gasteiger partial charge in [0.05, 0.1) is 35.3 Å². The largest absolute Gasteiger partial charge is 0.274 e. The zero-order chi connectivity index (χ0) is 38.2. The summed E-state index contributed by atoms with van der Waals surface area (Å²) in [4.78, 5) is 61.9. The molecule has 0 saturated carbocycles. The molecule has 6 atom stereocenters. The molecular formula is C46H32Cl2N4O4. The number of carbonyl (C=O) groups is 4. The lowest BCUT2D eigenvalue weighted by Crippen LogP contribution is -2.50. The quantitative estimate of drug-likeness (QED) is 0.158. The first-order valence-corrected chi connectivity index (χ1v) is 19.2. The van der Waals surface area contributed by atoms with Crippen LogP contribution in [0.15, 0.2) is 158 Å². The predicted molar refractivity (Wildman–Crippen MR) is 215 cm³/mol. The van der Waals surface area contributed by atoms with Gasteiger partial charge in [-0.05, 0) is 81.9 Å². The van der Waals surface area contributed by atoms with Crippen molar-refractivity contribution in [2.24, 2.45) is 11.8 Å². The van der Waals surface area contributed by atoms with Crippen molar-refractivity contribution in [3.05, 3.63) is 179 Å². The molecule has 8 nitrogen and oxygen atoms in total. The Labute approximate surface area is 333 Å². The number of amides is 4. The molecule has 0 spiro atoms. The molecule has 10 heteroatoms. The van der Waals surface area contributed by atoms with Crippen LogP contribution in [-0.4, -0.2) is 45.7 Å². The second-order valence-corrected chi connectivity index (χ2v) is 15.4. The molecule has 56 heavy (non-hydrogen) atoms. The van der Waals surface area contributed by atoms with E-state index in [1.165, 1.54) is 9.80 Å². The number of benzene rings is 6. The summed E-state index contributed by atoms with van der Waals surface area (Å²) >= 11 is 12.2. The van der Waals surface area contributed by atoms with Crippen LogP contribution in [0.3, 0.4) is 0 Å². The Morgan fingerprint density at radius 2 is 0.643 bits per heavy atom. The summed E-state index contributed by atoms with van der Waals surface area (Å²) < 4.78 is 0. The van der Waals surface area contributed by atoms with Crippen LogP contribution in [0.1, 0.15) is 23.2 Å². The average molecular weight is 776 g/mol. The van der Waals surface area contributed by atoms with Gasteiger partial charge in [-0.15, -0.1) is 0 Å². The molecule has 4 heterocycles. The van der Waals surface area contributed by atoms with Gasteiger partial charge in [-0.25, -0.2) is 19.8 Å². The summed E-state index contributed by atoms with van der Waals surface area (Å²) in [6.07, 6.45) is 0. The third-order valence-corrected chi connectivity index (χ3v) is 12.1. The molecule has 6 aromatic carbocycles. The monoisotopic (exact) mass is 774 g/mol. The fraction of sp³-hybridized carbons (Fsp3) is 0.130. The van der Waals surface area contributed by atoms with Crippen LogP contribution in [0.5, 0.6) is 0 Å². The van der Waals surface area contributed by atoms with Gasteiger partial charge in [0, 0.05) is 10.0 Å². The fourth-order valence-corrected chi connectivity index (χ4v) is 9.45. The first kappa shape index (κ1) is 34.6. The minimum Gasteiger partial charge on any atom is -0.274 e. The molecule has 6 unspecified atom stereocenters. The van der Waals surface area contributed by atoms with Crippen LogP contribution in [0, 0.1) is 11.8 Å². The van der Waals surface area contributed by atoms with Gasteiger partial charge in [-0.3, -0.25) is 19.2 Å². The molecule has 0 aliphatic carbocycles. The maximum atomic E-state index is 14.9. The summed E-state index contributed by atoms with van der Waals surface area (Å²) in [5.74, 6) is -3.17. The Kier molecular flexibility index (Phi) is 8.27. The number of fused-ring (bicyclic) bond motifs is 5. The lowest BCUT2D eigenvalue weighted by atomic mass is 9.84. The molecule has 0 bridgehead atoms. The highest BCUT2D eigenvalue weighted by atomic mass is 35.5. The van der Waals surface area contributed by atoms with Crippen LogP contribution in [0.4, 0.5) is 11.4 Å². The number of hydrogen-bond acceptors (Lipinski definition) is 6. The Morgan fingerprint density at radius 3 is 0.964 bits per heavy atom. The van der Waals surface area contributed by atoms with Gasteiger partial charge >= 0.3 is 0 Å². The van der Waals surface area contributed by atoms with E-state index in [1.807, 2.05) is 143 Å². The second kappa shape index (κ2) is 13.4. The highest BCUT2D eigenvalue weighted by molar-refractivity contribution is 6.31. The normalized spacial score (nSPS) is 24.5. The number of hydrazine groups is 1. The molecule has 0 N–H and O–H groups in total. The molecule has 4 amide bonds. The first-order chi connectivity index (χ1) is 27.3. The number of nitrogens with zero attached hydrogens (tertiary/aromatic N) is 4. The van der Waals surface area contributed by atoms with Crippen LogP contribution >= 0.6 is 23.2 Å². The number of rotatable bonds is 6. The van der Waals surface area contributed by atoms with Crippen molar-refractivity contribution < 1.29 is 19.2 Å². The summed E-state index contributed by atoms with van der Waals surface area (Å²) in [7, 11) is 0. The van der Waals surface area contributed by atoms with Crippen LogP contribution in [-0.2, 0) is 19.2 Å². The zero-order valence-corrected chi connectivity index (χ0v) is 31.2. The topological polar surface area (TPSA) is 81.2 Å². The lowest BCUT2D eigenvalue weighted by molar-refractivity contribution is -0.136. The van der Waals surface area contributed by atoms with Crippen LogP contribution in [0.2, 0.25) is 10.0 Å². The highest BCUT2D eigenvalue weighted by Gasteiger charge is 2.73. The summed E-state index contributed by atoms with van der Waals surface area (Å²) in [6, 6.07) is 45.3. The molecule has 10 rings (SSSR count). The molecular weight excluding hydrogens is 743 g/mol. The lowest BCUT2D eigenvalue weighted by Gasteiger charge is -2.35. The van der Waals surface area contributed by atoms with Gasteiger partial charge in [-0.2, -0.15) is 0 Å². The third-order valence-electron chi connectivity index (χ3n) is 11.6. The summed E-state index contributed by atoms with van der Waals surface area (Å²) in [5, 5.41) is 5.05. The van der Waals surface area contributed by atoms with Gasteiger partial charge in [0.25, 0.3) is 11.8 Å². The van der Waals surface area contributed by atoms with E-state index < -0.39 is 47.8 Å². The van der Waals surface area contributed by atoms with Crippen molar-refractivity contribution in [1.82, 2.24) is 10.0 Å². The Balaban J connectivity index is 1.06. The molecule has 274 valence electrons. The highest BCUT2D eigenvalue weighted by Crippen LogP contribution is 2.59. The van der Waals surface area contributed by atoms with Gasteiger partial charge < -0.3 is 0 Å².